The normalized spacial score (nSPS) is 14.6. The maximum Gasteiger partial charge on any atom is 0.291 e. The molecule has 0 atom stereocenters. The molecule has 0 radical (unpaired) electrons. The summed E-state index contributed by atoms with van der Waals surface area (Å²) >= 11 is 6.42. The van der Waals surface area contributed by atoms with E-state index in [4.69, 9.17) is 16.0 Å². The van der Waals surface area contributed by atoms with Crippen LogP contribution in [0.3, 0.4) is 0 Å². The zero-order valence-corrected chi connectivity index (χ0v) is 15.6. The van der Waals surface area contributed by atoms with Crippen LogP contribution in [0.5, 0.6) is 0 Å². The molecule has 0 spiro atoms. The number of benzene rings is 1. The van der Waals surface area contributed by atoms with Crippen molar-refractivity contribution in [3.8, 4) is 0 Å². The van der Waals surface area contributed by atoms with Crippen LogP contribution in [-0.4, -0.2) is 42.9 Å². The highest BCUT2D eigenvalue weighted by Crippen LogP contribution is 2.35. The molecule has 2 amide bonds. The van der Waals surface area contributed by atoms with Gasteiger partial charge in [-0.15, -0.1) is 0 Å². The summed E-state index contributed by atoms with van der Waals surface area (Å²) in [5.41, 5.74) is 1.40. The summed E-state index contributed by atoms with van der Waals surface area (Å²) in [5.74, 6) is 0.0653. The molecular formula is C19H22ClN3O3. The third-order valence-electron chi connectivity index (χ3n) is 4.38. The maximum absolute atomic E-state index is 12.3. The van der Waals surface area contributed by atoms with Gasteiger partial charge in [0.2, 0.25) is 5.91 Å². The quantitative estimate of drug-likeness (QED) is 0.888. The zero-order valence-electron chi connectivity index (χ0n) is 14.9. The molecule has 1 aliphatic rings. The van der Waals surface area contributed by atoms with Crippen LogP contribution in [0.25, 0.3) is 0 Å². The van der Waals surface area contributed by atoms with E-state index in [0.717, 1.165) is 5.69 Å². The van der Waals surface area contributed by atoms with Gasteiger partial charge in [0.15, 0.2) is 5.76 Å². The number of piperazine rings is 1. The molecule has 0 bridgehead atoms. The van der Waals surface area contributed by atoms with E-state index < -0.39 is 0 Å². The Labute approximate surface area is 157 Å². The fourth-order valence-corrected chi connectivity index (χ4v) is 3.34. The SMILES string of the molecule is CC(C)C(=O)N1CCN(c2c(Cl)cccc2NC(=O)c2ccco2)CC1. The number of carbonyl (C=O) groups excluding carboxylic acids is 2. The van der Waals surface area contributed by atoms with E-state index in [1.54, 1.807) is 24.3 Å². The largest absolute Gasteiger partial charge is 0.459 e. The zero-order chi connectivity index (χ0) is 18.7. The number of halogens is 1. The molecule has 1 aromatic heterocycles. The first kappa shape index (κ1) is 18.3. The molecule has 1 N–H and O–H groups in total. The van der Waals surface area contributed by atoms with Crippen LogP contribution in [0.2, 0.25) is 5.02 Å². The van der Waals surface area contributed by atoms with Crippen LogP contribution in [0.1, 0.15) is 24.4 Å². The summed E-state index contributed by atoms with van der Waals surface area (Å²) in [7, 11) is 0. The van der Waals surface area contributed by atoms with Crippen LogP contribution in [0.4, 0.5) is 11.4 Å². The number of hydrogen-bond donors (Lipinski definition) is 1. The molecule has 0 aliphatic carbocycles. The first-order chi connectivity index (χ1) is 12.5. The van der Waals surface area contributed by atoms with Crippen molar-refractivity contribution in [1.29, 1.82) is 0 Å². The Bertz CT molecular complexity index is 781. The smallest absolute Gasteiger partial charge is 0.291 e. The minimum atomic E-state index is -0.327. The predicted octanol–water partition coefficient (Wildman–Crippen LogP) is 3.49. The summed E-state index contributed by atoms with van der Waals surface area (Å²) < 4.78 is 5.14. The minimum absolute atomic E-state index is 0.00925. The summed E-state index contributed by atoms with van der Waals surface area (Å²) in [4.78, 5) is 28.5. The third-order valence-corrected chi connectivity index (χ3v) is 4.69. The summed E-state index contributed by atoms with van der Waals surface area (Å²) in [6.45, 7) is 6.40. The van der Waals surface area contributed by atoms with Crippen molar-refractivity contribution in [2.45, 2.75) is 13.8 Å². The topological polar surface area (TPSA) is 65.8 Å². The number of hydrogen-bond acceptors (Lipinski definition) is 4. The molecule has 1 aliphatic heterocycles. The molecule has 2 aromatic rings. The number of rotatable bonds is 4. The van der Waals surface area contributed by atoms with Crippen molar-refractivity contribution in [1.82, 2.24) is 4.90 Å². The molecular weight excluding hydrogens is 354 g/mol. The van der Waals surface area contributed by atoms with E-state index in [1.807, 2.05) is 24.8 Å². The predicted molar refractivity (Wildman–Crippen MR) is 102 cm³/mol. The first-order valence-corrected chi connectivity index (χ1v) is 9.02. The Hall–Kier alpha value is -2.47. The van der Waals surface area contributed by atoms with Gasteiger partial charge in [-0.1, -0.05) is 31.5 Å². The fraction of sp³-hybridized carbons (Fsp3) is 0.368. The van der Waals surface area contributed by atoms with E-state index in [0.29, 0.717) is 36.9 Å². The summed E-state index contributed by atoms with van der Waals surface area (Å²) in [6, 6.07) is 8.68. The fourth-order valence-electron chi connectivity index (χ4n) is 3.04. The molecule has 26 heavy (non-hydrogen) atoms. The second kappa shape index (κ2) is 7.83. The van der Waals surface area contributed by atoms with Crippen molar-refractivity contribution in [2.75, 3.05) is 36.4 Å². The van der Waals surface area contributed by atoms with Gasteiger partial charge < -0.3 is 19.5 Å². The highest BCUT2D eigenvalue weighted by molar-refractivity contribution is 6.34. The van der Waals surface area contributed by atoms with Gasteiger partial charge >= 0.3 is 0 Å². The van der Waals surface area contributed by atoms with Gasteiger partial charge in [-0.25, -0.2) is 0 Å². The highest BCUT2D eigenvalue weighted by atomic mass is 35.5. The Morgan fingerprint density at radius 2 is 1.85 bits per heavy atom. The first-order valence-electron chi connectivity index (χ1n) is 8.64. The second-order valence-corrected chi connectivity index (χ2v) is 6.94. The summed E-state index contributed by atoms with van der Waals surface area (Å²) in [6.07, 6.45) is 1.46. The average Bonchev–Trinajstić information content (AvgIpc) is 3.16. The molecule has 1 fully saturated rings. The second-order valence-electron chi connectivity index (χ2n) is 6.53. The van der Waals surface area contributed by atoms with E-state index in [2.05, 4.69) is 10.2 Å². The number of carbonyl (C=O) groups is 2. The number of amides is 2. The van der Waals surface area contributed by atoms with Gasteiger partial charge in [0.1, 0.15) is 0 Å². The van der Waals surface area contributed by atoms with Gasteiger partial charge in [-0.2, -0.15) is 0 Å². The minimum Gasteiger partial charge on any atom is -0.459 e. The molecule has 2 heterocycles. The summed E-state index contributed by atoms with van der Waals surface area (Å²) in [5, 5.41) is 3.42. The molecule has 6 nitrogen and oxygen atoms in total. The number of para-hydroxylation sites is 1. The lowest BCUT2D eigenvalue weighted by Crippen LogP contribution is -2.50. The standard InChI is InChI=1S/C19H22ClN3O3/c1-13(2)19(25)23-10-8-22(9-11-23)17-14(20)5-3-6-15(17)21-18(24)16-7-4-12-26-16/h3-7,12-13H,8-11H2,1-2H3,(H,21,24). The number of nitrogens with zero attached hydrogens (tertiary/aromatic N) is 2. The lowest BCUT2D eigenvalue weighted by atomic mass is 10.1. The van der Waals surface area contributed by atoms with E-state index in [-0.39, 0.29) is 23.5 Å². The van der Waals surface area contributed by atoms with Gasteiger partial charge in [0, 0.05) is 32.1 Å². The third kappa shape index (κ3) is 3.85. The average molecular weight is 376 g/mol. The van der Waals surface area contributed by atoms with Crippen LogP contribution >= 0.6 is 11.6 Å². The van der Waals surface area contributed by atoms with Crippen molar-refractivity contribution in [3.63, 3.8) is 0 Å². The molecule has 1 saturated heterocycles. The molecule has 0 unspecified atom stereocenters. The molecule has 138 valence electrons. The van der Waals surface area contributed by atoms with Gasteiger partial charge in [0.25, 0.3) is 5.91 Å². The van der Waals surface area contributed by atoms with E-state index >= 15 is 0 Å². The molecule has 7 heteroatoms. The maximum atomic E-state index is 12.3. The highest BCUT2D eigenvalue weighted by Gasteiger charge is 2.26. The van der Waals surface area contributed by atoms with Gasteiger partial charge in [-0.05, 0) is 24.3 Å². The van der Waals surface area contributed by atoms with E-state index in [1.165, 1.54) is 6.26 Å². The van der Waals surface area contributed by atoms with Gasteiger partial charge in [0.05, 0.1) is 22.7 Å². The number of furan rings is 1. The Morgan fingerprint density at radius 3 is 2.46 bits per heavy atom. The van der Waals surface area contributed by atoms with Crippen LogP contribution < -0.4 is 10.2 Å². The van der Waals surface area contributed by atoms with Crippen molar-refractivity contribution >= 4 is 34.8 Å². The van der Waals surface area contributed by atoms with Crippen LogP contribution in [-0.2, 0) is 4.79 Å². The lowest BCUT2D eigenvalue weighted by Gasteiger charge is -2.38. The van der Waals surface area contributed by atoms with Gasteiger partial charge in [-0.3, -0.25) is 9.59 Å². The Balaban J connectivity index is 1.76. The van der Waals surface area contributed by atoms with Crippen molar-refractivity contribution < 1.29 is 14.0 Å². The Kier molecular flexibility index (Phi) is 5.52. The number of anilines is 2. The van der Waals surface area contributed by atoms with Crippen LogP contribution in [0, 0.1) is 5.92 Å². The van der Waals surface area contributed by atoms with Crippen molar-refractivity contribution in [2.24, 2.45) is 5.92 Å². The number of nitrogens with one attached hydrogen (secondary N) is 1. The molecule has 1 aromatic carbocycles. The van der Waals surface area contributed by atoms with Crippen LogP contribution in [0.15, 0.2) is 41.0 Å². The van der Waals surface area contributed by atoms with E-state index in [9.17, 15) is 9.59 Å². The molecule has 0 saturated carbocycles. The Morgan fingerprint density at radius 1 is 1.12 bits per heavy atom. The lowest BCUT2D eigenvalue weighted by molar-refractivity contribution is -0.134. The molecule has 3 rings (SSSR count). The monoisotopic (exact) mass is 375 g/mol. The van der Waals surface area contributed by atoms with Crippen molar-refractivity contribution in [3.05, 3.63) is 47.4 Å².